The minimum atomic E-state index is -0.325. The normalized spacial score (nSPS) is 22.5. The van der Waals surface area contributed by atoms with Gasteiger partial charge in [-0.1, -0.05) is 6.07 Å². The number of ether oxygens (including phenoxy) is 2. The summed E-state index contributed by atoms with van der Waals surface area (Å²) >= 11 is 0. The second-order valence-corrected chi connectivity index (χ2v) is 7.14. The molecule has 0 aromatic heterocycles. The van der Waals surface area contributed by atoms with Crippen molar-refractivity contribution in [2.45, 2.75) is 45.1 Å². The van der Waals surface area contributed by atoms with Crippen molar-refractivity contribution in [3.8, 4) is 0 Å². The van der Waals surface area contributed by atoms with Crippen LogP contribution in [0.5, 0.6) is 0 Å². The Bertz CT molecular complexity index is 611. The van der Waals surface area contributed by atoms with Crippen LogP contribution in [-0.4, -0.2) is 49.3 Å². The van der Waals surface area contributed by atoms with Crippen LogP contribution in [0.25, 0.3) is 0 Å². The lowest BCUT2D eigenvalue weighted by atomic mass is 9.78. The Labute approximate surface area is 149 Å². The molecule has 1 amide bonds. The maximum atomic E-state index is 13.7. The molecule has 3 rings (SSSR count). The van der Waals surface area contributed by atoms with E-state index in [-0.39, 0.29) is 17.3 Å². The summed E-state index contributed by atoms with van der Waals surface area (Å²) in [5.74, 6) is 0.0974. The van der Waals surface area contributed by atoms with E-state index < -0.39 is 0 Å². The number of hydrogen-bond acceptors (Lipinski definition) is 3. The highest BCUT2D eigenvalue weighted by Crippen LogP contribution is 2.42. The van der Waals surface area contributed by atoms with Crippen molar-refractivity contribution >= 4 is 5.91 Å². The number of carbonyl (C=O) groups excluding carboxylic acids is 1. The third kappa shape index (κ3) is 3.87. The van der Waals surface area contributed by atoms with Crippen molar-refractivity contribution < 1.29 is 18.7 Å². The van der Waals surface area contributed by atoms with Gasteiger partial charge in [0.05, 0.1) is 5.60 Å². The molecule has 25 heavy (non-hydrogen) atoms. The number of amides is 1. The summed E-state index contributed by atoms with van der Waals surface area (Å²) in [5, 5.41) is 0. The molecule has 2 aliphatic heterocycles. The lowest BCUT2D eigenvalue weighted by Crippen LogP contribution is -2.49. The Morgan fingerprint density at radius 2 is 2.16 bits per heavy atom. The summed E-state index contributed by atoms with van der Waals surface area (Å²) < 4.78 is 25.4. The quantitative estimate of drug-likeness (QED) is 0.763. The van der Waals surface area contributed by atoms with Gasteiger partial charge in [0, 0.05) is 38.5 Å². The van der Waals surface area contributed by atoms with Crippen LogP contribution >= 0.6 is 0 Å². The maximum absolute atomic E-state index is 13.7. The van der Waals surface area contributed by atoms with E-state index in [9.17, 15) is 9.18 Å². The van der Waals surface area contributed by atoms with Crippen molar-refractivity contribution in [1.82, 2.24) is 4.90 Å². The predicted octanol–water partition coefficient (Wildman–Crippen LogP) is 3.57. The maximum Gasteiger partial charge on any atom is 0.253 e. The summed E-state index contributed by atoms with van der Waals surface area (Å²) in [4.78, 5) is 14.5. The molecule has 1 aromatic rings. The fourth-order valence-electron chi connectivity index (χ4n) is 4.11. The van der Waals surface area contributed by atoms with E-state index in [0.29, 0.717) is 30.1 Å². The molecule has 1 spiro atoms. The molecule has 2 heterocycles. The van der Waals surface area contributed by atoms with Gasteiger partial charge in [-0.2, -0.15) is 0 Å². The highest BCUT2D eigenvalue weighted by atomic mass is 19.1. The first-order valence-electron chi connectivity index (χ1n) is 9.33. The number of hydrogen-bond donors (Lipinski definition) is 0. The van der Waals surface area contributed by atoms with Crippen LogP contribution in [0.3, 0.4) is 0 Å². The van der Waals surface area contributed by atoms with E-state index in [1.54, 1.807) is 19.1 Å². The Morgan fingerprint density at radius 3 is 2.84 bits per heavy atom. The van der Waals surface area contributed by atoms with Crippen LogP contribution in [0.2, 0.25) is 0 Å². The van der Waals surface area contributed by atoms with Crippen LogP contribution in [0.1, 0.15) is 48.5 Å². The molecule has 4 nitrogen and oxygen atoms in total. The molecule has 0 bridgehead atoms. The largest absolute Gasteiger partial charge is 0.382 e. The van der Waals surface area contributed by atoms with Gasteiger partial charge in [0.15, 0.2) is 0 Å². The lowest BCUT2D eigenvalue weighted by molar-refractivity contribution is -0.0669. The molecular weight excluding hydrogens is 321 g/mol. The van der Waals surface area contributed by atoms with E-state index in [0.717, 1.165) is 45.5 Å². The highest BCUT2D eigenvalue weighted by molar-refractivity contribution is 5.94. The van der Waals surface area contributed by atoms with Crippen LogP contribution in [0, 0.1) is 18.7 Å². The van der Waals surface area contributed by atoms with Gasteiger partial charge in [-0.05, 0) is 63.1 Å². The topological polar surface area (TPSA) is 38.8 Å². The standard InChI is InChI=1S/C20H28FNO3/c1-3-24-12-6-17-7-13-25-20(17)8-10-22(11-9-20)19(23)16-5-4-15(2)18(21)14-16/h4-5,14,17H,3,6-13H2,1-2H3. The van der Waals surface area contributed by atoms with Gasteiger partial charge in [0.1, 0.15) is 5.82 Å². The Hall–Kier alpha value is -1.46. The fraction of sp³-hybridized carbons (Fsp3) is 0.650. The second kappa shape index (κ2) is 7.83. The van der Waals surface area contributed by atoms with Crippen molar-refractivity contribution in [2.75, 3.05) is 32.9 Å². The molecule has 1 atom stereocenters. The molecular formula is C20H28FNO3. The average Bonchev–Trinajstić information content (AvgIpc) is 3.00. The Morgan fingerprint density at radius 1 is 1.40 bits per heavy atom. The van der Waals surface area contributed by atoms with Gasteiger partial charge in [-0.15, -0.1) is 0 Å². The summed E-state index contributed by atoms with van der Waals surface area (Å²) in [6.07, 6.45) is 3.79. The van der Waals surface area contributed by atoms with Gasteiger partial charge < -0.3 is 14.4 Å². The molecule has 138 valence electrons. The van der Waals surface area contributed by atoms with E-state index in [4.69, 9.17) is 9.47 Å². The summed E-state index contributed by atoms with van der Waals surface area (Å²) in [6.45, 7) is 7.37. The molecule has 2 saturated heterocycles. The third-order valence-corrected chi connectivity index (χ3v) is 5.73. The molecule has 0 saturated carbocycles. The van der Waals surface area contributed by atoms with E-state index in [1.165, 1.54) is 6.07 Å². The number of nitrogens with zero attached hydrogens (tertiary/aromatic N) is 1. The lowest BCUT2D eigenvalue weighted by Gasteiger charge is -2.42. The average molecular weight is 349 g/mol. The molecule has 5 heteroatoms. The van der Waals surface area contributed by atoms with Crippen LogP contribution < -0.4 is 0 Å². The number of likely N-dealkylation sites (tertiary alicyclic amines) is 1. The molecule has 1 aromatic carbocycles. The number of benzene rings is 1. The number of aryl methyl sites for hydroxylation is 1. The van der Waals surface area contributed by atoms with Crippen LogP contribution in [-0.2, 0) is 9.47 Å². The van der Waals surface area contributed by atoms with Crippen LogP contribution in [0.15, 0.2) is 18.2 Å². The first kappa shape index (κ1) is 18.3. The van der Waals surface area contributed by atoms with Gasteiger partial charge in [0.25, 0.3) is 5.91 Å². The Balaban J connectivity index is 1.60. The van der Waals surface area contributed by atoms with Crippen molar-refractivity contribution in [1.29, 1.82) is 0 Å². The Kier molecular flexibility index (Phi) is 5.74. The molecule has 1 unspecified atom stereocenters. The zero-order valence-corrected chi connectivity index (χ0v) is 15.2. The van der Waals surface area contributed by atoms with Gasteiger partial charge in [-0.3, -0.25) is 4.79 Å². The number of carbonyl (C=O) groups is 1. The van der Waals surface area contributed by atoms with Crippen molar-refractivity contribution in [3.05, 3.63) is 35.1 Å². The predicted molar refractivity (Wildman–Crippen MR) is 94.2 cm³/mol. The van der Waals surface area contributed by atoms with Crippen LogP contribution in [0.4, 0.5) is 4.39 Å². The van der Waals surface area contributed by atoms with Gasteiger partial charge >= 0.3 is 0 Å². The van der Waals surface area contributed by atoms with E-state index in [2.05, 4.69) is 0 Å². The fourth-order valence-corrected chi connectivity index (χ4v) is 4.11. The first-order valence-corrected chi connectivity index (χ1v) is 9.33. The third-order valence-electron chi connectivity index (χ3n) is 5.73. The number of rotatable bonds is 5. The zero-order chi connectivity index (χ0) is 17.9. The summed E-state index contributed by atoms with van der Waals surface area (Å²) in [5.41, 5.74) is 0.886. The minimum absolute atomic E-state index is 0.0855. The minimum Gasteiger partial charge on any atom is -0.382 e. The highest BCUT2D eigenvalue weighted by Gasteiger charge is 2.46. The molecule has 0 aliphatic carbocycles. The smallest absolute Gasteiger partial charge is 0.253 e. The van der Waals surface area contributed by atoms with Gasteiger partial charge in [0.2, 0.25) is 0 Å². The molecule has 2 aliphatic rings. The SMILES string of the molecule is CCOCCC1CCOC12CCN(C(=O)c1ccc(C)c(F)c1)CC2. The van der Waals surface area contributed by atoms with E-state index >= 15 is 0 Å². The number of piperidine rings is 1. The molecule has 0 N–H and O–H groups in total. The molecule has 0 radical (unpaired) electrons. The first-order chi connectivity index (χ1) is 12.1. The van der Waals surface area contributed by atoms with E-state index in [1.807, 2.05) is 11.8 Å². The van der Waals surface area contributed by atoms with Crippen molar-refractivity contribution in [2.24, 2.45) is 5.92 Å². The van der Waals surface area contributed by atoms with Gasteiger partial charge in [-0.25, -0.2) is 4.39 Å². The zero-order valence-electron chi connectivity index (χ0n) is 15.2. The molecule has 2 fully saturated rings. The summed E-state index contributed by atoms with van der Waals surface area (Å²) in [7, 11) is 0. The monoisotopic (exact) mass is 349 g/mol. The second-order valence-electron chi connectivity index (χ2n) is 7.14. The van der Waals surface area contributed by atoms with Crippen molar-refractivity contribution in [3.63, 3.8) is 0 Å². The summed E-state index contributed by atoms with van der Waals surface area (Å²) in [6, 6.07) is 4.72. The number of halogens is 1.